The Morgan fingerprint density at radius 1 is 1.14 bits per heavy atom. The summed E-state index contributed by atoms with van der Waals surface area (Å²) < 4.78 is 12.1. The van der Waals surface area contributed by atoms with Crippen molar-refractivity contribution in [2.45, 2.75) is 111 Å². The maximum Gasteiger partial charge on any atom is 0.302 e. The van der Waals surface area contributed by atoms with Crippen LogP contribution in [0.5, 0.6) is 0 Å². The summed E-state index contributed by atoms with van der Waals surface area (Å²) in [5, 5.41) is 12.0. The van der Waals surface area contributed by atoms with Crippen molar-refractivity contribution >= 4 is 17.7 Å². The molecule has 4 rings (SSSR count). The molecule has 0 radical (unpaired) electrons. The van der Waals surface area contributed by atoms with Gasteiger partial charge in [0.15, 0.2) is 5.78 Å². The van der Waals surface area contributed by atoms with E-state index in [4.69, 9.17) is 9.47 Å². The van der Waals surface area contributed by atoms with Crippen LogP contribution in [-0.2, 0) is 23.9 Å². The van der Waals surface area contributed by atoms with E-state index >= 15 is 0 Å². The van der Waals surface area contributed by atoms with E-state index in [1.807, 2.05) is 6.92 Å². The Kier molecular flexibility index (Phi) is 7.57. The summed E-state index contributed by atoms with van der Waals surface area (Å²) in [6.07, 6.45) is 10.3. The van der Waals surface area contributed by atoms with Gasteiger partial charge in [0, 0.05) is 30.6 Å². The lowest BCUT2D eigenvalue weighted by Crippen LogP contribution is -2.60. The van der Waals surface area contributed by atoms with Crippen molar-refractivity contribution in [3.8, 4) is 0 Å². The van der Waals surface area contributed by atoms with E-state index < -0.39 is 23.2 Å². The van der Waals surface area contributed by atoms with Gasteiger partial charge in [-0.3, -0.25) is 14.4 Å². The zero-order valence-electron chi connectivity index (χ0n) is 23.7. The zero-order valence-corrected chi connectivity index (χ0v) is 23.7. The van der Waals surface area contributed by atoms with Gasteiger partial charge in [0.2, 0.25) is 0 Å². The first-order valence-electron chi connectivity index (χ1n) is 14.2. The number of carbonyl (C=O) groups is 3. The second-order valence-corrected chi connectivity index (χ2v) is 13.3. The van der Waals surface area contributed by atoms with Crippen molar-refractivity contribution in [1.82, 2.24) is 0 Å². The van der Waals surface area contributed by atoms with Crippen LogP contribution in [0.1, 0.15) is 93.4 Å². The molecule has 6 heteroatoms. The van der Waals surface area contributed by atoms with E-state index in [0.29, 0.717) is 31.1 Å². The van der Waals surface area contributed by atoms with E-state index in [1.165, 1.54) is 13.8 Å². The molecular weight excluding hydrogens is 468 g/mol. The summed E-state index contributed by atoms with van der Waals surface area (Å²) in [5.41, 5.74) is -0.728. The predicted molar refractivity (Wildman–Crippen MR) is 141 cm³/mol. The fourth-order valence-corrected chi connectivity index (χ4v) is 8.94. The number of fused-ring (bicyclic) bond motifs is 5. The van der Waals surface area contributed by atoms with Gasteiger partial charge in [-0.2, -0.15) is 0 Å². The third-order valence-corrected chi connectivity index (χ3v) is 10.4. The molecule has 0 saturated heterocycles. The molecule has 0 heterocycles. The number of rotatable bonds is 7. The first-order valence-corrected chi connectivity index (χ1v) is 14.2. The highest BCUT2D eigenvalue weighted by molar-refractivity contribution is 6.01. The Bertz CT molecular complexity index is 992. The molecule has 3 fully saturated rings. The van der Waals surface area contributed by atoms with E-state index in [1.54, 1.807) is 12.2 Å². The second-order valence-electron chi connectivity index (χ2n) is 13.3. The van der Waals surface area contributed by atoms with Crippen LogP contribution in [0.3, 0.4) is 0 Å². The van der Waals surface area contributed by atoms with Crippen LogP contribution in [-0.4, -0.2) is 40.6 Å². The van der Waals surface area contributed by atoms with E-state index in [-0.39, 0.29) is 40.9 Å². The average Bonchev–Trinajstić information content (AvgIpc) is 3.07. The summed E-state index contributed by atoms with van der Waals surface area (Å²) in [5.74, 6) is 0.182. The van der Waals surface area contributed by atoms with Gasteiger partial charge in [0.05, 0.1) is 5.60 Å². The third kappa shape index (κ3) is 4.95. The largest absolute Gasteiger partial charge is 0.462 e. The number of allylic oxidation sites excluding steroid dienone is 4. The maximum absolute atomic E-state index is 12.4. The van der Waals surface area contributed by atoms with Crippen molar-refractivity contribution in [3.05, 3.63) is 23.8 Å². The molecule has 1 N–H and O–H groups in total. The molecule has 3 saturated carbocycles. The molecule has 0 aliphatic heterocycles. The highest BCUT2D eigenvalue weighted by Crippen LogP contribution is 2.68. The molecule has 4 aliphatic carbocycles. The van der Waals surface area contributed by atoms with Gasteiger partial charge in [0.1, 0.15) is 12.2 Å². The summed E-state index contributed by atoms with van der Waals surface area (Å²) in [4.78, 5) is 36.9. The smallest absolute Gasteiger partial charge is 0.302 e. The summed E-state index contributed by atoms with van der Waals surface area (Å²) in [6, 6.07) is 0. The van der Waals surface area contributed by atoms with E-state index in [0.717, 1.165) is 31.3 Å². The van der Waals surface area contributed by atoms with Gasteiger partial charge >= 0.3 is 11.9 Å². The number of ether oxygens (including phenoxy) is 2. The number of ketones is 1. The lowest BCUT2D eigenvalue weighted by atomic mass is 9.46. The SMILES string of the molecule is CC(=O)O[C@H]1C[C@H]2[C@@H]3CCC4=CC(=O)C=C[C@@]4(C)[C@H]3C[C@@H](OC(C)=O)[C@]2(C)[C@H]1[C@@](C)(O)CCCC(C)C. The molecule has 0 spiro atoms. The monoisotopic (exact) mass is 514 g/mol. The number of esters is 2. The molecule has 0 aromatic rings. The number of hydrogen-bond donors (Lipinski definition) is 1. The topological polar surface area (TPSA) is 89.9 Å². The second kappa shape index (κ2) is 9.98. The highest BCUT2D eigenvalue weighted by atomic mass is 16.6. The van der Waals surface area contributed by atoms with E-state index in [2.05, 4.69) is 33.8 Å². The minimum absolute atomic E-state index is 0.0383. The van der Waals surface area contributed by atoms with Crippen molar-refractivity contribution in [2.24, 2.45) is 40.4 Å². The van der Waals surface area contributed by atoms with Crippen LogP contribution < -0.4 is 0 Å². The Morgan fingerprint density at radius 3 is 2.43 bits per heavy atom. The minimum atomic E-state index is -1.08. The summed E-state index contributed by atoms with van der Waals surface area (Å²) in [7, 11) is 0. The summed E-state index contributed by atoms with van der Waals surface area (Å²) in [6.45, 7) is 13.5. The molecule has 0 bridgehead atoms. The van der Waals surface area contributed by atoms with Gasteiger partial charge in [-0.25, -0.2) is 0 Å². The number of aliphatic hydroxyl groups is 1. The van der Waals surface area contributed by atoms with Crippen LogP contribution >= 0.6 is 0 Å². The van der Waals surface area contributed by atoms with E-state index in [9.17, 15) is 19.5 Å². The van der Waals surface area contributed by atoms with Crippen LogP contribution in [0, 0.1) is 40.4 Å². The summed E-state index contributed by atoms with van der Waals surface area (Å²) >= 11 is 0. The van der Waals surface area contributed by atoms with Crippen molar-refractivity contribution in [3.63, 3.8) is 0 Å². The fraction of sp³-hybridized carbons (Fsp3) is 0.774. The maximum atomic E-state index is 12.4. The van der Waals surface area contributed by atoms with Gasteiger partial charge in [-0.1, -0.05) is 52.2 Å². The third-order valence-electron chi connectivity index (χ3n) is 10.4. The lowest BCUT2D eigenvalue weighted by Gasteiger charge is -2.60. The predicted octanol–water partition coefficient (Wildman–Crippen LogP) is 5.57. The highest BCUT2D eigenvalue weighted by Gasteiger charge is 2.69. The number of hydrogen-bond acceptors (Lipinski definition) is 6. The van der Waals surface area contributed by atoms with Crippen LogP contribution in [0.25, 0.3) is 0 Å². The molecule has 0 amide bonds. The Balaban J connectivity index is 1.77. The minimum Gasteiger partial charge on any atom is -0.462 e. The molecule has 0 aromatic carbocycles. The van der Waals surface area contributed by atoms with Crippen LogP contribution in [0.15, 0.2) is 23.8 Å². The van der Waals surface area contributed by atoms with Gasteiger partial charge in [-0.15, -0.1) is 0 Å². The molecule has 37 heavy (non-hydrogen) atoms. The standard InChI is InChI=1S/C31H46O6/c1-18(2)9-8-13-30(6,35)28-26(36-19(3)32)16-25-23-11-10-21-15-22(34)12-14-29(21,5)24(23)17-27(31(25,28)7)37-20(4)33/h12,14-15,18,23-28,35H,8-11,13,16-17H2,1-7H3/t23-,24+,25+,26+,27-,28-,29-,30+,31-/m1/s1. The first kappa shape index (κ1) is 28.1. The van der Waals surface area contributed by atoms with Crippen molar-refractivity contribution < 1.29 is 29.0 Å². The quantitative estimate of drug-likeness (QED) is 0.447. The van der Waals surface area contributed by atoms with Gasteiger partial charge in [-0.05, 0) is 74.9 Å². The molecule has 0 unspecified atom stereocenters. The van der Waals surface area contributed by atoms with Crippen molar-refractivity contribution in [2.75, 3.05) is 0 Å². The molecule has 9 atom stereocenters. The normalized spacial score (nSPS) is 40.2. The molecule has 6 nitrogen and oxygen atoms in total. The van der Waals surface area contributed by atoms with Gasteiger partial charge < -0.3 is 14.6 Å². The van der Waals surface area contributed by atoms with Crippen LogP contribution in [0.4, 0.5) is 0 Å². The van der Waals surface area contributed by atoms with Crippen molar-refractivity contribution in [1.29, 1.82) is 0 Å². The zero-order chi connectivity index (χ0) is 27.3. The molecular formula is C31H46O6. The average molecular weight is 515 g/mol. The molecule has 4 aliphatic rings. The Labute approximate surface area is 222 Å². The Morgan fingerprint density at radius 2 is 1.81 bits per heavy atom. The van der Waals surface area contributed by atoms with Gasteiger partial charge in [0.25, 0.3) is 0 Å². The van der Waals surface area contributed by atoms with Crippen LogP contribution in [0.2, 0.25) is 0 Å². The number of carbonyl (C=O) groups excluding carboxylic acids is 3. The lowest BCUT2D eigenvalue weighted by molar-refractivity contribution is -0.199. The molecule has 0 aromatic heterocycles. The Hall–Kier alpha value is -1.95. The molecule has 206 valence electrons. The fourth-order valence-electron chi connectivity index (χ4n) is 8.94. The first-order chi connectivity index (χ1) is 17.2.